The van der Waals surface area contributed by atoms with Gasteiger partial charge in [-0.25, -0.2) is 0 Å². The molecule has 0 fully saturated rings. The van der Waals surface area contributed by atoms with Crippen LogP contribution in [0.1, 0.15) is 13.8 Å². The van der Waals surface area contributed by atoms with E-state index in [1.54, 1.807) is 4.57 Å². The number of aromatic nitrogens is 2. The topological polar surface area (TPSA) is 63.2 Å². The van der Waals surface area contributed by atoms with Gasteiger partial charge < -0.3 is 14.2 Å². The van der Waals surface area contributed by atoms with E-state index in [1.165, 1.54) is 7.11 Å². The number of rotatable bonds is 7. The highest BCUT2D eigenvalue weighted by Crippen LogP contribution is 2.13. The molecule has 0 bridgehead atoms. The lowest BCUT2D eigenvalue weighted by Crippen LogP contribution is -2.32. The number of ether oxygens (including phenoxy) is 1. The molecular formula is C16H24N4O2. The molecule has 0 aliphatic carbocycles. The predicted molar refractivity (Wildman–Crippen MR) is 85.6 cm³/mol. The van der Waals surface area contributed by atoms with Gasteiger partial charge in [-0.2, -0.15) is 0 Å². The molecule has 1 N–H and O–H groups in total. The van der Waals surface area contributed by atoms with E-state index in [-0.39, 0.29) is 12.5 Å². The first kappa shape index (κ1) is 16.3. The van der Waals surface area contributed by atoms with Gasteiger partial charge in [0.25, 0.3) is 0 Å². The van der Waals surface area contributed by atoms with Gasteiger partial charge in [0.05, 0.1) is 18.1 Å². The van der Waals surface area contributed by atoms with Gasteiger partial charge >= 0.3 is 5.97 Å². The minimum Gasteiger partial charge on any atom is -0.468 e. The average Bonchev–Trinajstić information content (AvgIpc) is 2.81. The Morgan fingerprint density at radius 3 is 2.32 bits per heavy atom. The second-order valence-corrected chi connectivity index (χ2v) is 5.15. The molecule has 0 unspecified atom stereocenters. The van der Waals surface area contributed by atoms with Crippen molar-refractivity contribution in [3.05, 3.63) is 29.9 Å². The van der Waals surface area contributed by atoms with Crippen molar-refractivity contribution in [1.82, 2.24) is 14.0 Å². The lowest BCUT2D eigenvalue weighted by Gasteiger charge is -2.18. The molecule has 0 spiro atoms. The second-order valence-electron chi connectivity index (χ2n) is 5.15. The monoisotopic (exact) mass is 304 g/mol. The van der Waals surface area contributed by atoms with E-state index in [1.807, 2.05) is 28.8 Å². The number of nitrogens with one attached hydrogen (secondary N) is 1. The van der Waals surface area contributed by atoms with Gasteiger partial charge in [0.1, 0.15) is 6.54 Å². The van der Waals surface area contributed by atoms with Crippen LogP contribution in [0.2, 0.25) is 0 Å². The molecular weight excluding hydrogens is 280 g/mol. The van der Waals surface area contributed by atoms with Gasteiger partial charge in [-0.15, -0.1) is 0 Å². The first-order valence-electron chi connectivity index (χ1n) is 7.64. The third-order valence-electron chi connectivity index (χ3n) is 4.02. The van der Waals surface area contributed by atoms with E-state index < -0.39 is 0 Å². The third kappa shape index (κ3) is 3.22. The predicted octanol–water partition coefficient (Wildman–Crippen LogP) is 1.44. The van der Waals surface area contributed by atoms with Crippen LogP contribution in [-0.4, -0.2) is 46.7 Å². The van der Waals surface area contributed by atoms with E-state index >= 15 is 0 Å². The van der Waals surface area contributed by atoms with Crippen molar-refractivity contribution < 1.29 is 9.53 Å². The Bertz CT molecular complexity index is 698. The molecule has 6 nitrogen and oxygen atoms in total. The molecule has 0 saturated heterocycles. The zero-order valence-corrected chi connectivity index (χ0v) is 13.5. The fourth-order valence-electron chi connectivity index (χ4n) is 2.66. The first-order chi connectivity index (χ1) is 10.6. The fraction of sp³-hybridized carbons (Fsp3) is 0.500. The van der Waals surface area contributed by atoms with Gasteiger partial charge in [0.15, 0.2) is 0 Å². The van der Waals surface area contributed by atoms with Crippen molar-refractivity contribution in [2.75, 3.05) is 26.7 Å². The molecule has 0 aliphatic heterocycles. The summed E-state index contributed by atoms with van der Waals surface area (Å²) < 4.78 is 8.39. The van der Waals surface area contributed by atoms with Crippen molar-refractivity contribution >= 4 is 17.0 Å². The molecule has 0 atom stereocenters. The number of esters is 1. The Kier molecular flexibility index (Phi) is 5.38. The summed E-state index contributed by atoms with van der Waals surface area (Å²) in [6.45, 7) is 7.93. The molecule has 1 heterocycles. The summed E-state index contributed by atoms with van der Waals surface area (Å²) in [7, 11) is 1.37. The number of hydrogen-bond acceptors (Lipinski definition) is 4. The van der Waals surface area contributed by atoms with Crippen LogP contribution in [0.5, 0.6) is 0 Å². The molecule has 0 saturated carbocycles. The van der Waals surface area contributed by atoms with Crippen LogP contribution in [0.15, 0.2) is 24.3 Å². The molecule has 6 heteroatoms. The van der Waals surface area contributed by atoms with Crippen molar-refractivity contribution in [2.24, 2.45) is 0 Å². The molecule has 2 aromatic rings. The first-order valence-corrected chi connectivity index (χ1v) is 7.64. The number of carbonyl (C=O) groups is 1. The zero-order valence-electron chi connectivity index (χ0n) is 13.5. The van der Waals surface area contributed by atoms with Crippen LogP contribution in [0.3, 0.4) is 0 Å². The largest absolute Gasteiger partial charge is 0.468 e. The Morgan fingerprint density at radius 2 is 1.77 bits per heavy atom. The Hall–Kier alpha value is -2.08. The molecule has 120 valence electrons. The maximum atomic E-state index is 11.6. The van der Waals surface area contributed by atoms with Crippen molar-refractivity contribution in [2.45, 2.75) is 26.9 Å². The van der Waals surface area contributed by atoms with Crippen LogP contribution in [0.4, 0.5) is 0 Å². The van der Waals surface area contributed by atoms with Crippen LogP contribution >= 0.6 is 0 Å². The minimum atomic E-state index is -0.342. The highest BCUT2D eigenvalue weighted by molar-refractivity contribution is 5.78. The minimum absolute atomic E-state index is 0.0636. The molecule has 1 aromatic heterocycles. The number of likely N-dealkylation sites (N-methyl/N-ethyl adjacent to an activating group) is 1. The van der Waals surface area contributed by atoms with Gasteiger partial charge in [-0.3, -0.25) is 14.8 Å². The van der Waals surface area contributed by atoms with Crippen LogP contribution in [-0.2, 0) is 22.6 Å². The van der Waals surface area contributed by atoms with E-state index in [0.717, 1.165) is 37.2 Å². The highest BCUT2D eigenvalue weighted by atomic mass is 16.5. The maximum absolute atomic E-state index is 11.6. The summed E-state index contributed by atoms with van der Waals surface area (Å²) in [6, 6.07) is 7.80. The summed E-state index contributed by atoms with van der Waals surface area (Å²) in [5.41, 5.74) is 2.19. The SMILES string of the molecule is CCN(CC)CCn1c(=N)n(CC(=O)OC)c2ccccc21. The number of carbonyl (C=O) groups excluding carboxylic acids is 1. The van der Waals surface area contributed by atoms with Crippen molar-refractivity contribution in [3.63, 3.8) is 0 Å². The number of imidazole rings is 1. The lowest BCUT2D eigenvalue weighted by molar-refractivity contribution is -0.141. The van der Waals surface area contributed by atoms with Crippen LogP contribution in [0.25, 0.3) is 11.0 Å². The molecule has 2 rings (SSSR count). The van der Waals surface area contributed by atoms with Gasteiger partial charge in [-0.1, -0.05) is 26.0 Å². The molecule has 0 amide bonds. The van der Waals surface area contributed by atoms with Crippen molar-refractivity contribution in [1.29, 1.82) is 5.41 Å². The molecule has 22 heavy (non-hydrogen) atoms. The normalized spacial score (nSPS) is 11.3. The number of para-hydroxylation sites is 2. The van der Waals surface area contributed by atoms with E-state index in [0.29, 0.717) is 5.62 Å². The number of benzene rings is 1. The standard InChI is InChI=1S/C16H24N4O2/c1-4-18(5-2)10-11-19-13-8-6-7-9-14(13)20(16(19)17)12-15(21)22-3/h6-9,17H,4-5,10-12H2,1-3H3. The van der Waals surface area contributed by atoms with Crippen LogP contribution in [0, 0.1) is 5.41 Å². The summed E-state index contributed by atoms with van der Waals surface area (Å²) in [5, 5.41) is 8.40. The quantitative estimate of drug-likeness (QED) is 0.787. The average molecular weight is 304 g/mol. The lowest BCUT2D eigenvalue weighted by atomic mass is 10.3. The van der Waals surface area contributed by atoms with Gasteiger partial charge in [-0.05, 0) is 25.2 Å². The number of fused-ring (bicyclic) bond motifs is 1. The molecule has 0 radical (unpaired) electrons. The summed E-state index contributed by atoms with van der Waals surface area (Å²) in [4.78, 5) is 13.9. The van der Waals surface area contributed by atoms with Gasteiger partial charge in [0.2, 0.25) is 5.62 Å². The Labute approximate surface area is 130 Å². The smallest absolute Gasteiger partial charge is 0.325 e. The Balaban J connectivity index is 2.39. The third-order valence-corrected chi connectivity index (χ3v) is 4.02. The van der Waals surface area contributed by atoms with E-state index in [2.05, 4.69) is 18.7 Å². The van der Waals surface area contributed by atoms with Gasteiger partial charge in [0, 0.05) is 13.1 Å². The summed E-state index contributed by atoms with van der Waals surface area (Å²) in [5.74, 6) is -0.342. The fourth-order valence-corrected chi connectivity index (χ4v) is 2.66. The molecule has 1 aromatic carbocycles. The highest BCUT2D eigenvalue weighted by Gasteiger charge is 2.13. The summed E-state index contributed by atoms with van der Waals surface area (Å²) in [6.07, 6.45) is 0. The number of methoxy groups -OCH3 is 1. The molecule has 0 aliphatic rings. The van der Waals surface area contributed by atoms with Crippen molar-refractivity contribution in [3.8, 4) is 0 Å². The Morgan fingerprint density at radius 1 is 1.18 bits per heavy atom. The summed E-state index contributed by atoms with van der Waals surface area (Å²) >= 11 is 0. The number of hydrogen-bond donors (Lipinski definition) is 1. The van der Waals surface area contributed by atoms with Crippen LogP contribution < -0.4 is 5.62 Å². The maximum Gasteiger partial charge on any atom is 0.325 e. The second kappa shape index (κ2) is 7.26. The van der Waals surface area contributed by atoms with E-state index in [9.17, 15) is 4.79 Å². The van der Waals surface area contributed by atoms with E-state index in [4.69, 9.17) is 10.1 Å². The number of nitrogens with zero attached hydrogens (tertiary/aromatic N) is 3. The zero-order chi connectivity index (χ0) is 16.1.